The number of thiophene rings is 1. The van der Waals surface area contributed by atoms with Crippen LogP contribution >= 0.6 is 11.3 Å². The van der Waals surface area contributed by atoms with Crippen molar-refractivity contribution in [1.82, 2.24) is 14.2 Å². The first-order valence-corrected chi connectivity index (χ1v) is 11.9. The van der Waals surface area contributed by atoms with Crippen LogP contribution in [-0.4, -0.2) is 60.0 Å². The van der Waals surface area contributed by atoms with Crippen LogP contribution in [0.25, 0.3) is 10.4 Å². The van der Waals surface area contributed by atoms with Gasteiger partial charge in [-0.05, 0) is 31.5 Å². The van der Waals surface area contributed by atoms with E-state index in [1.165, 1.54) is 26.6 Å². The zero-order valence-corrected chi connectivity index (χ0v) is 18.6. The van der Waals surface area contributed by atoms with Gasteiger partial charge in [-0.25, -0.2) is 13.2 Å². The summed E-state index contributed by atoms with van der Waals surface area (Å²) in [5, 5.41) is 8.15. The third-order valence-electron chi connectivity index (χ3n) is 5.27. The van der Waals surface area contributed by atoms with Gasteiger partial charge in [0.05, 0.1) is 0 Å². The Morgan fingerprint density at radius 3 is 2.57 bits per heavy atom. The molecule has 1 saturated heterocycles. The molecule has 1 amide bonds. The Balaban J connectivity index is 1.89. The van der Waals surface area contributed by atoms with E-state index in [0.717, 1.165) is 16.1 Å². The molecule has 2 aromatic rings. The van der Waals surface area contributed by atoms with Crippen LogP contribution in [0.5, 0.6) is 0 Å². The summed E-state index contributed by atoms with van der Waals surface area (Å²) in [6.07, 6.45) is 0.969. The van der Waals surface area contributed by atoms with Crippen molar-refractivity contribution in [2.75, 3.05) is 26.2 Å². The molecule has 0 radical (unpaired) electrons. The van der Waals surface area contributed by atoms with E-state index < -0.39 is 21.4 Å². The topological polar surface area (TPSA) is 111 Å². The molecule has 8 nitrogen and oxygen atoms in total. The number of aryl methyl sites for hydroxylation is 2. The number of aromatic amines is 1. The molecule has 0 bridgehead atoms. The molecule has 0 aromatic carbocycles. The van der Waals surface area contributed by atoms with E-state index in [2.05, 4.69) is 11.6 Å². The predicted octanol–water partition coefficient (Wildman–Crippen LogP) is 2.83. The van der Waals surface area contributed by atoms with Gasteiger partial charge in [-0.2, -0.15) is 4.31 Å². The molecule has 1 unspecified atom stereocenters. The average Bonchev–Trinajstić information content (AvgIpc) is 3.17. The Morgan fingerprint density at radius 1 is 1.33 bits per heavy atom. The summed E-state index contributed by atoms with van der Waals surface area (Å²) in [4.78, 5) is 28.6. The number of aromatic nitrogens is 1. The molecule has 0 saturated carbocycles. The van der Waals surface area contributed by atoms with Gasteiger partial charge in [-0.3, -0.25) is 4.79 Å². The van der Waals surface area contributed by atoms with Crippen LogP contribution < -0.4 is 5.56 Å². The van der Waals surface area contributed by atoms with Crippen molar-refractivity contribution in [2.24, 2.45) is 0 Å². The van der Waals surface area contributed by atoms with Crippen molar-refractivity contribution in [3.05, 3.63) is 57.3 Å². The van der Waals surface area contributed by atoms with Crippen LogP contribution in [0.4, 0.5) is 4.79 Å². The van der Waals surface area contributed by atoms with E-state index >= 15 is 0 Å². The van der Waals surface area contributed by atoms with Crippen LogP contribution in [0, 0.1) is 6.92 Å². The molecule has 1 aliphatic heterocycles. The van der Waals surface area contributed by atoms with Crippen molar-refractivity contribution < 1.29 is 18.3 Å². The Morgan fingerprint density at radius 2 is 2.00 bits per heavy atom. The maximum atomic E-state index is 13.2. The second kappa shape index (κ2) is 8.75. The summed E-state index contributed by atoms with van der Waals surface area (Å²) >= 11 is 1.35. The van der Waals surface area contributed by atoms with Crippen LogP contribution in [0.2, 0.25) is 0 Å². The number of carboxylic acid groups (broad SMARTS) is 1. The SMILES string of the molecule is C=CC(c1ccc(-c2cc(CC)c(=O)[nH]c2C)s1)S(=O)(=O)N1CCN(C(=O)O)CC1. The van der Waals surface area contributed by atoms with Crippen molar-refractivity contribution in [3.8, 4) is 10.4 Å². The molecule has 3 rings (SSSR count). The van der Waals surface area contributed by atoms with Gasteiger partial charge in [-0.1, -0.05) is 13.0 Å². The predicted molar refractivity (Wildman–Crippen MR) is 118 cm³/mol. The Kier molecular flexibility index (Phi) is 6.49. The minimum atomic E-state index is -3.73. The number of piperazine rings is 1. The van der Waals surface area contributed by atoms with E-state index in [1.54, 1.807) is 6.07 Å². The number of amides is 1. The molecule has 2 N–H and O–H groups in total. The first-order valence-electron chi connectivity index (χ1n) is 9.61. The molecule has 1 fully saturated rings. The maximum absolute atomic E-state index is 13.2. The van der Waals surface area contributed by atoms with Crippen LogP contribution in [0.15, 0.2) is 35.6 Å². The Bertz CT molecular complexity index is 1110. The van der Waals surface area contributed by atoms with Crippen LogP contribution in [0.3, 0.4) is 0 Å². The van der Waals surface area contributed by atoms with E-state index in [-0.39, 0.29) is 31.7 Å². The fraction of sp³-hybridized carbons (Fsp3) is 0.400. The summed E-state index contributed by atoms with van der Waals surface area (Å²) in [6, 6.07) is 5.48. The van der Waals surface area contributed by atoms with Gasteiger partial charge in [0.2, 0.25) is 10.0 Å². The lowest BCUT2D eigenvalue weighted by molar-refractivity contribution is 0.126. The maximum Gasteiger partial charge on any atom is 0.407 e. The number of nitrogens with zero attached hydrogens (tertiary/aromatic N) is 2. The van der Waals surface area contributed by atoms with Gasteiger partial charge in [-0.15, -0.1) is 17.9 Å². The molecule has 0 aliphatic carbocycles. The lowest BCUT2D eigenvalue weighted by Gasteiger charge is -2.33. The number of carbonyl (C=O) groups is 1. The van der Waals surface area contributed by atoms with E-state index in [1.807, 2.05) is 26.0 Å². The highest BCUT2D eigenvalue weighted by molar-refractivity contribution is 7.89. The van der Waals surface area contributed by atoms with E-state index in [0.29, 0.717) is 16.9 Å². The average molecular weight is 452 g/mol. The van der Waals surface area contributed by atoms with E-state index in [4.69, 9.17) is 5.11 Å². The summed E-state index contributed by atoms with van der Waals surface area (Å²) in [5.41, 5.74) is 2.17. The third-order valence-corrected chi connectivity index (χ3v) is 8.80. The summed E-state index contributed by atoms with van der Waals surface area (Å²) in [6.45, 7) is 7.99. The number of rotatable bonds is 6. The molecule has 2 aromatic heterocycles. The molecule has 1 atom stereocenters. The number of hydrogen-bond acceptors (Lipinski definition) is 5. The van der Waals surface area contributed by atoms with Gasteiger partial charge in [0.25, 0.3) is 5.56 Å². The highest BCUT2D eigenvalue weighted by Gasteiger charge is 2.35. The van der Waals surface area contributed by atoms with Gasteiger partial charge in [0.1, 0.15) is 5.25 Å². The molecule has 3 heterocycles. The molecule has 10 heteroatoms. The van der Waals surface area contributed by atoms with Crippen molar-refractivity contribution in [2.45, 2.75) is 25.5 Å². The molecule has 0 spiro atoms. The van der Waals surface area contributed by atoms with Gasteiger partial charge >= 0.3 is 6.09 Å². The van der Waals surface area contributed by atoms with Gasteiger partial charge in [0, 0.05) is 52.8 Å². The second-order valence-electron chi connectivity index (χ2n) is 7.09. The van der Waals surface area contributed by atoms with E-state index in [9.17, 15) is 18.0 Å². The minimum absolute atomic E-state index is 0.109. The Hall–Kier alpha value is -2.43. The number of H-pyrrole nitrogens is 1. The quantitative estimate of drug-likeness (QED) is 0.656. The smallest absolute Gasteiger partial charge is 0.407 e. The summed E-state index contributed by atoms with van der Waals surface area (Å²) < 4.78 is 27.7. The summed E-state index contributed by atoms with van der Waals surface area (Å²) in [5.74, 6) is 0. The van der Waals surface area contributed by atoms with Crippen molar-refractivity contribution >= 4 is 27.5 Å². The van der Waals surface area contributed by atoms with Gasteiger partial charge in [0.15, 0.2) is 0 Å². The van der Waals surface area contributed by atoms with Crippen LogP contribution in [-0.2, 0) is 16.4 Å². The molecular formula is C20H25N3O5S2. The minimum Gasteiger partial charge on any atom is -0.465 e. The second-order valence-corrected chi connectivity index (χ2v) is 10.3. The first kappa shape index (κ1) is 22.3. The highest BCUT2D eigenvalue weighted by atomic mass is 32.2. The molecule has 1 aliphatic rings. The molecule has 30 heavy (non-hydrogen) atoms. The standard InChI is InChI=1S/C20H25N3O5S2/c1-4-14-12-15(13(3)21-19(14)24)16-6-7-17(29-16)18(5-2)30(27,28)23-10-8-22(9-11-23)20(25)26/h5-7,12,18H,2,4,8-11H2,1,3H3,(H,21,24)(H,25,26). The normalized spacial score (nSPS) is 16.4. The largest absolute Gasteiger partial charge is 0.465 e. The highest BCUT2D eigenvalue weighted by Crippen LogP contribution is 2.37. The third kappa shape index (κ3) is 4.21. The summed E-state index contributed by atoms with van der Waals surface area (Å²) in [7, 11) is -3.73. The zero-order chi connectivity index (χ0) is 22.1. The van der Waals surface area contributed by atoms with Crippen molar-refractivity contribution in [3.63, 3.8) is 0 Å². The van der Waals surface area contributed by atoms with Crippen LogP contribution in [0.1, 0.15) is 28.3 Å². The lowest BCUT2D eigenvalue weighted by atomic mass is 10.1. The molecule has 162 valence electrons. The first-order chi connectivity index (χ1) is 14.2. The fourth-order valence-corrected chi connectivity index (χ4v) is 6.69. The monoisotopic (exact) mass is 451 g/mol. The zero-order valence-electron chi connectivity index (χ0n) is 16.9. The number of sulfonamides is 1. The Labute approximate surface area is 179 Å². The fourth-order valence-electron chi connectivity index (χ4n) is 3.51. The number of pyridine rings is 1. The number of nitrogens with one attached hydrogen (secondary N) is 1. The number of hydrogen-bond donors (Lipinski definition) is 2. The van der Waals surface area contributed by atoms with Gasteiger partial charge < -0.3 is 15.0 Å². The lowest BCUT2D eigenvalue weighted by Crippen LogP contribution is -2.50. The molecular weight excluding hydrogens is 426 g/mol. The van der Waals surface area contributed by atoms with Crippen molar-refractivity contribution in [1.29, 1.82) is 0 Å².